The van der Waals surface area contributed by atoms with Gasteiger partial charge in [0, 0.05) is 55.7 Å². The van der Waals surface area contributed by atoms with E-state index in [0.717, 1.165) is 66.5 Å². The number of anilines is 2. The summed E-state index contributed by atoms with van der Waals surface area (Å²) in [6.45, 7) is 8.28. The first-order chi connectivity index (χ1) is 24.3. The van der Waals surface area contributed by atoms with Gasteiger partial charge in [0.25, 0.3) is 0 Å². The Balaban J connectivity index is 0.928. The maximum absolute atomic E-state index is 12.8. The molecule has 2 aliphatic rings. The maximum Gasteiger partial charge on any atom is 0.350 e. The highest BCUT2D eigenvalue weighted by molar-refractivity contribution is 6.42. The fourth-order valence-corrected chi connectivity index (χ4v) is 6.67. The molecule has 13 heteroatoms. The van der Waals surface area contributed by atoms with E-state index in [1.54, 1.807) is 40.1 Å². The highest BCUT2D eigenvalue weighted by atomic mass is 35.5. The lowest BCUT2D eigenvalue weighted by molar-refractivity contribution is -0.178. The molecule has 3 atom stereocenters. The third-order valence-electron chi connectivity index (χ3n) is 9.41. The minimum Gasteiger partial charge on any atom is -0.491 e. The standard InChI is InChI=1S/C37H39Cl2N7O4/c1-3-26(2)46-36(47)45(25-42-46)31-7-5-29(6-8-31)43-16-18-44(19-17-43)30-9-11-32(12-10-30)48-23-33-24-49-37(50-33,21-27-14-15-40-41-22-27)28-4-13-34(38)35(39)20-28/h4-15,20,22,25-26,33H,3,16-19,21,23-24H2,1-2H3/t26?,33-,37+/m1/s1. The molecule has 4 heterocycles. The van der Waals surface area contributed by atoms with Crippen LogP contribution in [0.15, 0.2) is 96.3 Å². The molecule has 3 aromatic carbocycles. The number of rotatable bonds is 11. The molecule has 1 unspecified atom stereocenters. The molecule has 5 aromatic rings. The Hall–Kier alpha value is -4.42. The van der Waals surface area contributed by atoms with E-state index in [1.807, 2.05) is 50.2 Å². The molecule has 0 saturated carbocycles. The summed E-state index contributed by atoms with van der Waals surface area (Å²) in [7, 11) is 0. The van der Waals surface area contributed by atoms with Crippen LogP contribution in [0.1, 0.15) is 37.4 Å². The zero-order valence-corrected chi connectivity index (χ0v) is 29.5. The van der Waals surface area contributed by atoms with Crippen LogP contribution < -0.4 is 20.2 Å². The normalized spacial score (nSPS) is 19.9. The van der Waals surface area contributed by atoms with Crippen LogP contribution in [-0.4, -0.2) is 70.0 Å². The summed E-state index contributed by atoms with van der Waals surface area (Å²) in [4.78, 5) is 17.6. The first-order valence-electron chi connectivity index (χ1n) is 16.8. The minimum absolute atomic E-state index is 0.0647. The average Bonchev–Trinajstić information content (AvgIpc) is 3.76. The summed E-state index contributed by atoms with van der Waals surface area (Å²) < 4.78 is 22.2. The largest absolute Gasteiger partial charge is 0.491 e. The minimum atomic E-state index is -1.06. The molecule has 0 amide bonds. The zero-order chi connectivity index (χ0) is 34.7. The number of aromatic nitrogens is 5. The quantitative estimate of drug-likeness (QED) is 0.156. The summed E-state index contributed by atoms with van der Waals surface area (Å²) in [6.07, 6.45) is 5.92. The van der Waals surface area contributed by atoms with E-state index in [0.29, 0.717) is 29.7 Å². The van der Waals surface area contributed by atoms with E-state index in [2.05, 4.69) is 49.4 Å². The van der Waals surface area contributed by atoms with Gasteiger partial charge in [0.15, 0.2) is 5.79 Å². The van der Waals surface area contributed by atoms with E-state index < -0.39 is 5.79 Å². The highest BCUT2D eigenvalue weighted by Crippen LogP contribution is 2.40. The van der Waals surface area contributed by atoms with Gasteiger partial charge >= 0.3 is 5.69 Å². The molecular weight excluding hydrogens is 677 g/mol. The Morgan fingerprint density at radius 1 is 0.900 bits per heavy atom. The van der Waals surface area contributed by atoms with Gasteiger partial charge < -0.3 is 24.0 Å². The summed E-state index contributed by atoms with van der Waals surface area (Å²) in [5.41, 5.74) is 4.67. The Kier molecular flexibility index (Phi) is 10.1. The molecule has 2 aliphatic heterocycles. The molecule has 0 radical (unpaired) electrons. The van der Waals surface area contributed by atoms with Crippen molar-refractivity contribution < 1.29 is 14.2 Å². The molecule has 2 fully saturated rings. The van der Waals surface area contributed by atoms with Crippen molar-refractivity contribution in [2.45, 2.75) is 44.6 Å². The van der Waals surface area contributed by atoms with Gasteiger partial charge in [0.1, 0.15) is 24.8 Å². The Labute approximate surface area is 300 Å². The molecule has 7 rings (SSSR count). The molecule has 2 aromatic heterocycles. The van der Waals surface area contributed by atoms with Gasteiger partial charge in [-0.05, 0) is 85.6 Å². The van der Waals surface area contributed by atoms with Crippen molar-refractivity contribution in [3.05, 3.63) is 123 Å². The number of hydrogen-bond acceptors (Lipinski definition) is 9. The third kappa shape index (κ3) is 7.22. The summed E-state index contributed by atoms with van der Waals surface area (Å²) >= 11 is 12.6. The molecule has 50 heavy (non-hydrogen) atoms. The van der Waals surface area contributed by atoms with E-state index in [4.69, 9.17) is 37.4 Å². The molecule has 11 nitrogen and oxygen atoms in total. The van der Waals surface area contributed by atoms with Crippen molar-refractivity contribution in [2.75, 3.05) is 49.2 Å². The fourth-order valence-electron chi connectivity index (χ4n) is 6.38. The second-order valence-electron chi connectivity index (χ2n) is 12.6. The smallest absolute Gasteiger partial charge is 0.350 e. The van der Waals surface area contributed by atoms with Crippen molar-refractivity contribution in [3.8, 4) is 11.4 Å². The Bertz CT molecular complexity index is 1950. The van der Waals surface area contributed by atoms with Crippen LogP contribution in [0, 0.1) is 0 Å². The van der Waals surface area contributed by atoms with Crippen molar-refractivity contribution in [1.29, 1.82) is 0 Å². The van der Waals surface area contributed by atoms with Gasteiger partial charge in [-0.2, -0.15) is 15.3 Å². The van der Waals surface area contributed by atoms with E-state index in [-0.39, 0.29) is 17.8 Å². The molecule has 2 saturated heterocycles. The zero-order valence-electron chi connectivity index (χ0n) is 28.0. The van der Waals surface area contributed by atoms with Gasteiger partial charge in [-0.25, -0.2) is 14.0 Å². The predicted octanol–water partition coefficient (Wildman–Crippen LogP) is 6.32. The fraction of sp³-hybridized carbons (Fsp3) is 0.351. The third-order valence-corrected chi connectivity index (χ3v) is 10.2. The average molecular weight is 717 g/mol. The van der Waals surface area contributed by atoms with Crippen LogP contribution in [0.5, 0.6) is 5.75 Å². The van der Waals surface area contributed by atoms with Gasteiger partial charge in [-0.1, -0.05) is 36.2 Å². The first kappa shape index (κ1) is 34.0. The van der Waals surface area contributed by atoms with Gasteiger partial charge in [-0.15, -0.1) is 0 Å². The number of piperazine rings is 1. The van der Waals surface area contributed by atoms with Crippen molar-refractivity contribution in [3.63, 3.8) is 0 Å². The number of benzene rings is 3. The van der Waals surface area contributed by atoms with Crippen LogP contribution in [0.4, 0.5) is 11.4 Å². The topological polar surface area (TPSA) is 99.8 Å². The first-order valence-corrected chi connectivity index (χ1v) is 17.6. The lowest BCUT2D eigenvalue weighted by Gasteiger charge is -2.37. The molecule has 0 aliphatic carbocycles. The number of hydrogen-bond donors (Lipinski definition) is 0. The lowest BCUT2D eigenvalue weighted by Crippen LogP contribution is -2.46. The molecule has 0 bridgehead atoms. The maximum atomic E-state index is 12.8. The van der Waals surface area contributed by atoms with Gasteiger partial charge in [0.05, 0.1) is 34.6 Å². The molecule has 260 valence electrons. The van der Waals surface area contributed by atoms with Crippen LogP contribution in [0.2, 0.25) is 10.0 Å². The summed E-state index contributed by atoms with van der Waals surface area (Å²) in [6, 6.07) is 23.7. The van der Waals surface area contributed by atoms with Gasteiger partial charge in [0.2, 0.25) is 0 Å². The van der Waals surface area contributed by atoms with E-state index in [1.165, 1.54) is 0 Å². The summed E-state index contributed by atoms with van der Waals surface area (Å²) in [5.74, 6) is -0.300. The van der Waals surface area contributed by atoms with Crippen molar-refractivity contribution in [2.24, 2.45) is 0 Å². The second-order valence-corrected chi connectivity index (χ2v) is 13.5. The Morgan fingerprint density at radius 3 is 2.22 bits per heavy atom. The number of halogens is 2. The van der Waals surface area contributed by atoms with Crippen molar-refractivity contribution >= 4 is 34.6 Å². The van der Waals surface area contributed by atoms with Crippen molar-refractivity contribution in [1.82, 2.24) is 24.5 Å². The molecule has 0 spiro atoms. The van der Waals surface area contributed by atoms with Crippen LogP contribution in [-0.2, 0) is 21.7 Å². The van der Waals surface area contributed by atoms with E-state index in [9.17, 15) is 4.79 Å². The molecule has 0 N–H and O–H groups in total. The summed E-state index contributed by atoms with van der Waals surface area (Å²) in [5, 5.41) is 13.1. The highest BCUT2D eigenvalue weighted by Gasteiger charge is 2.44. The predicted molar refractivity (Wildman–Crippen MR) is 194 cm³/mol. The Morgan fingerprint density at radius 2 is 1.58 bits per heavy atom. The van der Waals surface area contributed by atoms with Crippen LogP contribution in [0.25, 0.3) is 5.69 Å². The van der Waals surface area contributed by atoms with E-state index >= 15 is 0 Å². The van der Waals surface area contributed by atoms with Gasteiger partial charge in [-0.3, -0.25) is 0 Å². The van der Waals surface area contributed by atoms with Crippen LogP contribution in [0.3, 0.4) is 0 Å². The second kappa shape index (κ2) is 14.8. The molecular formula is C37H39Cl2N7O4. The lowest BCUT2D eigenvalue weighted by atomic mass is 9.98. The SMILES string of the molecule is CCC(C)n1ncn(-c2ccc(N3CCN(c4ccc(OC[C@@H]5CO[C@](Cc6ccnnc6)(c6ccc(Cl)c(Cl)c6)O5)cc4)CC3)cc2)c1=O. The number of ether oxygens (including phenoxy) is 3. The monoisotopic (exact) mass is 715 g/mol. The number of nitrogens with zero attached hydrogens (tertiary/aromatic N) is 7. The van der Waals surface area contributed by atoms with Crippen LogP contribution >= 0.6 is 23.2 Å².